The fraction of sp³-hybridized carbons (Fsp3) is 0.158. The van der Waals surface area contributed by atoms with Crippen molar-refractivity contribution < 1.29 is 14.0 Å². The summed E-state index contributed by atoms with van der Waals surface area (Å²) in [7, 11) is 1.70. The molecule has 0 aliphatic rings. The van der Waals surface area contributed by atoms with Crippen LogP contribution in [0.3, 0.4) is 0 Å². The highest BCUT2D eigenvalue weighted by Crippen LogP contribution is 2.18. The Balaban J connectivity index is 1.53. The first kappa shape index (κ1) is 20.8. The van der Waals surface area contributed by atoms with Gasteiger partial charge in [-0.05, 0) is 36.4 Å². The maximum absolute atomic E-state index is 13.6. The molecule has 0 atom stereocenters. The van der Waals surface area contributed by atoms with Crippen molar-refractivity contribution in [3.05, 3.63) is 65.2 Å². The second kappa shape index (κ2) is 9.53. The SMILES string of the molecule is Cn1c(CC(=O)Nc2ccccc2F)nnc1SCC(=O)Nc1ccc(Cl)cc1. The molecule has 2 N–H and O–H groups in total. The largest absolute Gasteiger partial charge is 0.325 e. The van der Waals surface area contributed by atoms with Crippen molar-refractivity contribution in [1.29, 1.82) is 0 Å². The second-order valence-corrected chi connectivity index (χ2v) is 7.39. The molecule has 0 saturated carbocycles. The number of carbonyl (C=O) groups is 2. The minimum atomic E-state index is -0.512. The first-order chi connectivity index (χ1) is 13.9. The maximum atomic E-state index is 13.6. The minimum Gasteiger partial charge on any atom is -0.325 e. The number of anilines is 2. The maximum Gasteiger partial charge on any atom is 0.234 e. The van der Waals surface area contributed by atoms with Crippen molar-refractivity contribution in [2.24, 2.45) is 7.05 Å². The topological polar surface area (TPSA) is 88.9 Å². The van der Waals surface area contributed by atoms with Gasteiger partial charge in [0.15, 0.2) is 5.16 Å². The number of rotatable bonds is 7. The number of carbonyl (C=O) groups excluding carboxylic acids is 2. The van der Waals surface area contributed by atoms with Gasteiger partial charge in [-0.3, -0.25) is 9.59 Å². The van der Waals surface area contributed by atoms with E-state index in [9.17, 15) is 14.0 Å². The Kier molecular flexibility index (Phi) is 6.84. The van der Waals surface area contributed by atoms with Crippen molar-refractivity contribution in [1.82, 2.24) is 14.8 Å². The summed E-state index contributed by atoms with van der Waals surface area (Å²) in [6, 6.07) is 12.7. The quantitative estimate of drug-likeness (QED) is 0.556. The molecule has 2 amide bonds. The summed E-state index contributed by atoms with van der Waals surface area (Å²) < 4.78 is 15.3. The number of hydrogen-bond acceptors (Lipinski definition) is 5. The van der Waals surface area contributed by atoms with Crippen molar-refractivity contribution in [3.63, 3.8) is 0 Å². The van der Waals surface area contributed by atoms with Gasteiger partial charge in [0.2, 0.25) is 11.8 Å². The summed E-state index contributed by atoms with van der Waals surface area (Å²) in [5.41, 5.74) is 0.747. The summed E-state index contributed by atoms with van der Waals surface area (Å²) in [6.45, 7) is 0. The predicted molar refractivity (Wildman–Crippen MR) is 111 cm³/mol. The zero-order valence-corrected chi connectivity index (χ0v) is 16.9. The van der Waals surface area contributed by atoms with Crippen LogP contribution in [0.15, 0.2) is 53.7 Å². The van der Waals surface area contributed by atoms with E-state index in [0.29, 0.717) is 21.7 Å². The van der Waals surface area contributed by atoms with Gasteiger partial charge in [0.25, 0.3) is 0 Å². The smallest absolute Gasteiger partial charge is 0.234 e. The molecule has 10 heteroatoms. The normalized spacial score (nSPS) is 10.6. The molecule has 0 bridgehead atoms. The van der Waals surface area contributed by atoms with Crippen molar-refractivity contribution in [2.45, 2.75) is 11.6 Å². The van der Waals surface area contributed by atoms with Gasteiger partial charge >= 0.3 is 0 Å². The molecule has 150 valence electrons. The molecule has 0 fully saturated rings. The Morgan fingerprint density at radius 1 is 1.07 bits per heavy atom. The van der Waals surface area contributed by atoms with Gasteiger partial charge in [0.1, 0.15) is 11.6 Å². The fourth-order valence-electron chi connectivity index (χ4n) is 2.39. The van der Waals surface area contributed by atoms with E-state index in [4.69, 9.17) is 11.6 Å². The number of thioether (sulfide) groups is 1. The lowest BCUT2D eigenvalue weighted by atomic mass is 10.3. The first-order valence-electron chi connectivity index (χ1n) is 8.53. The van der Waals surface area contributed by atoms with Crippen LogP contribution < -0.4 is 10.6 Å². The summed E-state index contributed by atoms with van der Waals surface area (Å²) in [5.74, 6) is -0.612. The zero-order valence-electron chi connectivity index (χ0n) is 15.4. The zero-order chi connectivity index (χ0) is 20.8. The molecule has 0 unspecified atom stereocenters. The molecule has 0 spiro atoms. The van der Waals surface area contributed by atoms with Gasteiger partial charge in [-0.25, -0.2) is 4.39 Å². The number of amides is 2. The van der Waals surface area contributed by atoms with Crippen molar-refractivity contribution in [3.8, 4) is 0 Å². The fourth-order valence-corrected chi connectivity index (χ4v) is 3.24. The molecule has 0 aliphatic carbocycles. The van der Waals surface area contributed by atoms with Gasteiger partial charge < -0.3 is 15.2 Å². The van der Waals surface area contributed by atoms with E-state index in [0.717, 1.165) is 0 Å². The van der Waals surface area contributed by atoms with Crippen molar-refractivity contribution in [2.75, 3.05) is 16.4 Å². The van der Waals surface area contributed by atoms with Crippen LogP contribution in [0.1, 0.15) is 5.82 Å². The van der Waals surface area contributed by atoms with Gasteiger partial charge in [-0.15, -0.1) is 10.2 Å². The van der Waals surface area contributed by atoms with Crippen LogP contribution in [0.25, 0.3) is 0 Å². The highest BCUT2D eigenvalue weighted by atomic mass is 35.5. The van der Waals surface area contributed by atoms with Gasteiger partial charge in [0, 0.05) is 17.8 Å². The Labute approximate surface area is 175 Å². The Morgan fingerprint density at radius 3 is 2.52 bits per heavy atom. The number of nitrogens with zero attached hydrogens (tertiary/aromatic N) is 3. The number of halogens is 2. The van der Waals surface area contributed by atoms with Crippen LogP contribution in [0, 0.1) is 5.82 Å². The number of benzene rings is 2. The summed E-state index contributed by atoms with van der Waals surface area (Å²) >= 11 is 7.01. The highest BCUT2D eigenvalue weighted by molar-refractivity contribution is 7.99. The molecule has 3 rings (SSSR count). The molecule has 1 aromatic heterocycles. The summed E-state index contributed by atoms with van der Waals surface area (Å²) in [5, 5.41) is 14.3. The molecule has 1 heterocycles. The average molecular weight is 434 g/mol. The third-order valence-corrected chi connectivity index (χ3v) is 5.12. The third-order valence-electron chi connectivity index (χ3n) is 3.85. The number of hydrogen-bond donors (Lipinski definition) is 2. The van der Waals surface area contributed by atoms with Gasteiger partial charge in [-0.1, -0.05) is 35.5 Å². The Bertz CT molecular complexity index is 1030. The van der Waals surface area contributed by atoms with E-state index < -0.39 is 11.7 Å². The summed E-state index contributed by atoms with van der Waals surface area (Å²) in [6.07, 6.45) is -0.0740. The van der Waals surface area contributed by atoms with Crippen LogP contribution in [-0.2, 0) is 23.1 Å². The molecule has 7 nitrogen and oxygen atoms in total. The number of para-hydroxylation sites is 1. The lowest BCUT2D eigenvalue weighted by Gasteiger charge is -2.07. The predicted octanol–water partition coefficient (Wildman–Crippen LogP) is 3.52. The van der Waals surface area contributed by atoms with Crippen LogP contribution in [0.2, 0.25) is 5.02 Å². The van der Waals surface area contributed by atoms with Gasteiger partial charge in [-0.2, -0.15) is 0 Å². The van der Waals surface area contributed by atoms with E-state index >= 15 is 0 Å². The standard InChI is InChI=1S/C19H17ClFN5O2S/c1-26-16(10-17(27)23-15-5-3-2-4-14(15)21)24-25-19(26)29-11-18(28)22-13-8-6-12(20)7-9-13/h2-9H,10-11H2,1H3,(H,22,28)(H,23,27). The molecule has 0 radical (unpaired) electrons. The monoisotopic (exact) mass is 433 g/mol. The van der Waals surface area contributed by atoms with E-state index in [2.05, 4.69) is 20.8 Å². The van der Waals surface area contributed by atoms with Gasteiger partial charge in [0.05, 0.1) is 17.9 Å². The Morgan fingerprint density at radius 2 is 1.79 bits per heavy atom. The Hall–Kier alpha value is -2.91. The molecule has 0 saturated heterocycles. The average Bonchev–Trinajstić information content (AvgIpc) is 3.03. The van der Waals surface area contributed by atoms with Crippen LogP contribution in [0.4, 0.5) is 15.8 Å². The molecule has 29 heavy (non-hydrogen) atoms. The van der Waals surface area contributed by atoms with E-state index in [1.54, 1.807) is 48.0 Å². The van der Waals surface area contributed by atoms with E-state index in [-0.39, 0.29) is 23.8 Å². The molecule has 3 aromatic rings. The summed E-state index contributed by atoms with van der Waals surface area (Å²) in [4.78, 5) is 24.2. The lowest BCUT2D eigenvalue weighted by Crippen LogP contribution is -2.18. The molecular weight excluding hydrogens is 417 g/mol. The second-order valence-electron chi connectivity index (χ2n) is 6.01. The number of nitrogens with one attached hydrogen (secondary N) is 2. The van der Waals surface area contributed by atoms with E-state index in [1.165, 1.54) is 23.9 Å². The van der Waals surface area contributed by atoms with Crippen molar-refractivity contribution >= 4 is 46.6 Å². The minimum absolute atomic E-state index is 0.0740. The van der Waals surface area contributed by atoms with E-state index in [1.807, 2.05) is 0 Å². The van der Waals surface area contributed by atoms with Crippen LogP contribution >= 0.6 is 23.4 Å². The first-order valence-corrected chi connectivity index (χ1v) is 9.89. The molecule has 2 aromatic carbocycles. The third kappa shape index (κ3) is 5.78. The highest BCUT2D eigenvalue weighted by Gasteiger charge is 2.15. The van der Waals surface area contributed by atoms with Crippen LogP contribution in [0.5, 0.6) is 0 Å². The number of aromatic nitrogens is 3. The molecule has 0 aliphatic heterocycles. The molecular formula is C19H17ClFN5O2S. The van der Waals surface area contributed by atoms with Crippen LogP contribution in [-0.4, -0.2) is 32.3 Å². The lowest BCUT2D eigenvalue weighted by molar-refractivity contribution is -0.116.